The molecule has 2 aliphatic rings. The maximum Gasteiger partial charge on any atom is 0.410 e. The van der Waals surface area contributed by atoms with Gasteiger partial charge in [0.1, 0.15) is 11.9 Å². The molecule has 2 heterocycles. The highest BCUT2D eigenvalue weighted by Gasteiger charge is 2.41. The average molecular weight is 396 g/mol. The van der Waals surface area contributed by atoms with Crippen LogP contribution < -0.4 is 4.72 Å². The van der Waals surface area contributed by atoms with Crippen LogP contribution in [0.15, 0.2) is 30.3 Å². The van der Waals surface area contributed by atoms with Gasteiger partial charge in [0.25, 0.3) is 0 Å². The van der Waals surface area contributed by atoms with Crippen LogP contribution in [0.5, 0.6) is 0 Å². The Hall–Kier alpha value is -2.13. The monoisotopic (exact) mass is 396 g/mol. The number of benzene rings is 1. The number of ether oxygens (including phenoxy) is 2. The van der Waals surface area contributed by atoms with Crippen LogP contribution in [0.2, 0.25) is 0 Å². The van der Waals surface area contributed by atoms with Crippen LogP contribution in [0.1, 0.15) is 31.2 Å². The first-order valence-electron chi connectivity index (χ1n) is 9.06. The van der Waals surface area contributed by atoms with Crippen molar-refractivity contribution in [3.8, 4) is 0 Å². The summed E-state index contributed by atoms with van der Waals surface area (Å²) in [6.07, 6.45) is 1.99. The molecule has 1 aromatic carbocycles. The van der Waals surface area contributed by atoms with Gasteiger partial charge >= 0.3 is 6.09 Å². The van der Waals surface area contributed by atoms with Crippen LogP contribution in [0.4, 0.5) is 4.79 Å². The van der Waals surface area contributed by atoms with E-state index in [4.69, 9.17) is 9.47 Å². The largest absolute Gasteiger partial charge is 0.445 e. The Kier molecular flexibility index (Phi) is 6.33. The summed E-state index contributed by atoms with van der Waals surface area (Å²) in [6, 6.07) is 9.23. The number of amides is 2. The topological polar surface area (TPSA) is 102 Å². The molecule has 2 amide bonds. The minimum Gasteiger partial charge on any atom is -0.445 e. The number of hydrogen-bond donors (Lipinski definition) is 1. The predicted octanol–water partition coefficient (Wildman–Crippen LogP) is 1.41. The fourth-order valence-electron chi connectivity index (χ4n) is 3.05. The quantitative estimate of drug-likeness (QED) is 0.748. The first-order chi connectivity index (χ1) is 12.9. The van der Waals surface area contributed by atoms with E-state index in [9.17, 15) is 18.0 Å². The van der Waals surface area contributed by atoms with Gasteiger partial charge in [-0.15, -0.1) is 0 Å². The van der Waals surface area contributed by atoms with E-state index in [1.165, 1.54) is 4.90 Å². The molecule has 9 heteroatoms. The van der Waals surface area contributed by atoms with Crippen molar-refractivity contribution in [2.24, 2.45) is 0 Å². The van der Waals surface area contributed by atoms with Gasteiger partial charge in [-0.2, -0.15) is 0 Å². The van der Waals surface area contributed by atoms with Crippen molar-refractivity contribution in [2.75, 3.05) is 19.7 Å². The molecule has 3 rings (SSSR count). The summed E-state index contributed by atoms with van der Waals surface area (Å²) in [7, 11) is -3.79. The second kappa shape index (κ2) is 8.71. The van der Waals surface area contributed by atoms with Gasteiger partial charge in [0.05, 0.1) is 6.10 Å². The summed E-state index contributed by atoms with van der Waals surface area (Å²) in [4.78, 5) is 25.1. The van der Waals surface area contributed by atoms with E-state index in [0.717, 1.165) is 18.4 Å². The van der Waals surface area contributed by atoms with Crippen molar-refractivity contribution in [3.63, 3.8) is 0 Å². The van der Waals surface area contributed by atoms with Crippen LogP contribution in [0.3, 0.4) is 0 Å². The smallest absolute Gasteiger partial charge is 0.410 e. The number of rotatable bonds is 7. The summed E-state index contributed by atoms with van der Waals surface area (Å²) in [5.41, 5.74) is 0.856. The molecular formula is C18H24N2O6S. The molecule has 0 aromatic heterocycles. The number of nitrogens with zero attached hydrogens (tertiary/aromatic N) is 1. The molecule has 1 unspecified atom stereocenters. The van der Waals surface area contributed by atoms with Gasteiger partial charge in [-0.1, -0.05) is 30.3 Å². The van der Waals surface area contributed by atoms with E-state index in [2.05, 4.69) is 4.72 Å². The summed E-state index contributed by atoms with van der Waals surface area (Å²) >= 11 is 0. The molecule has 1 atom stereocenters. The Labute approximate surface area is 158 Å². The van der Waals surface area contributed by atoms with Crippen molar-refractivity contribution in [3.05, 3.63) is 35.9 Å². The van der Waals surface area contributed by atoms with Gasteiger partial charge in [-0.05, 0) is 24.8 Å². The lowest BCUT2D eigenvalue weighted by Gasteiger charge is -2.37. The van der Waals surface area contributed by atoms with Crippen molar-refractivity contribution in [1.29, 1.82) is 0 Å². The molecule has 0 saturated carbocycles. The Morgan fingerprint density at radius 1 is 1.22 bits per heavy atom. The van der Waals surface area contributed by atoms with Crippen molar-refractivity contribution in [1.82, 2.24) is 9.62 Å². The van der Waals surface area contributed by atoms with E-state index in [1.54, 1.807) is 0 Å². The molecule has 1 aromatic rings. The number of hydrogen-bond acceptors (Lipinski definition) is 6. The van der Waals surface area contributed by atoms with E-state index in [1.807, 2.05) is 30.3 Å². The number of sulfonamides is 1. The predicted molar refractivity (Wildman–Crippen MR) is 97.3 cm³/mol. The molecule has 2 fully saturated rings. The highest BCUT2D eigenvalue weighted by molar-refractivity contribution is 7.90. The van der Waals surface area contributed by atoms with Crippen LogP contribution in [-0.4, -0.2) is 56.4 Å². The average Bonchev–Trinajstić information content (AvgIpc) is 3.10. The van der Waals surface area contributed by atoms with E-state index >= 15 is 0 Å². The zero-order chi connectivity index (χ0) is 19.3. The number of carbonyl (C=O) groups is 2. The fourth-order valence-corrected chi connectivity index (χ4v) is 4.39. The summed E-state index contributed by atoms with van der Waals surface area (Å²) in [5.74, 6) is -0.532. The fraction of sp³-hybridized carbons (Fsp3) is 0.556. The molecule has 0 radical (unpaired) electrons. The third-order valence-corrected chi connectivity index (χ3v) is 6.41. The second-order valence-corrected chi connectivity index (χ2v) is 8.77. The number of likely N-dealkylation sites (tertiary alicyclic amines) is 1. The maximum absolute atomic E-state index is 12.2. The summed E-state index contributed by atoms with van der Waals surface area (Å²) in [6.45, 7) is 0.861. The lowest BCUT2D eigenvalue weighted by atomic mass is 10.1. The molecule has 27 heavy (non-hydrogen) atoms. The van der Waals surface area contributed by atoms with Gasteiger partial charge in [0.2, 0.25) is 15.9 Å². The van der Waals surface area contributed by atoms with Crippen LogP contribution in [0.25, 0.3) is 0 Å². The molecule has 8 nitrogen and oxygen atoms in total. The van der Waals surface area contributed by atoms with Gasteiger partial charge in [0, 0.05) is 26.1 Å². The van der Waals surface area contributed by atoms with Crippen LogP contribution >= 0.6 is 0 Å². The highest BCUT2D eigenvalue weighted by Crippen LogP contribution is 2.19. The third-order valence-electron chi connectivity index (χ3n) is 4.72. The van der Waals surface area contributed by atoms with E-state index in [0.29, 0.717) is 13.0 Å². The molecule has 0 aliphatic carbocycles. The lowest BCUT2D eigenvalue weighted by Crippen LogP contribution is -2.60. The molecule has 2 aliphatic heterocycles. The zero-order valence-electron chi connectivity index (χ0n) is 15.0. The summed E-state index contributed by atoms with van der Waals surface area (Å²) in [5, 5.41) is -0.798. The van der Waals surface area contributed by atoms with Crippen molar-refractivity contribution < 1.29 is 27.5 Å². The lowest BCUT2D eigenvalue weighted by molar-refractivity contribution is -0.120. The highest BCUT2D eigenvalue weighted by atomic mass is 32.2. The Balaban J connectivity index is 1.38. The standard InChI is InChI=1S/C18H24N2O6S/c21-17(9-8-15-7-4-10-25-15)19-27(23,24)16-11-20(12-16)18(22)26-13-14-5-2-1-3-6-14/h1-3,5-6,15-16H,4,7-13H2,(H,19,21). The van der Waals surface area contributed by atoms with E-state index < -0.39 is 27.3 Å². The molecule has 0 spiro atoms. The Morgan fingerprint density at radius 2 is 1.96 bits per heavy atom. The maximum atomic E-state index is 12.2. The SMILES string of the molecule is O=C(CCC1CCCO1)NS(=O)(=O)C1CN(C(=O)OCc2ccccc2)C1. The van der Waals surface area contributed by atoms with E-state index in [-0.39, 0.29) is 32.2 Å². The van der Waals surface area contributed by atoms with Crippen LogP contribution in [-0.2, 0) is 30.9 Å². The van der Waals surface area contributed by atoms with Gasteiger partial charge in [-0.25, -0.2) is 13.2 Å². The minimum atomic E-state index is -3.79. The van der Waals surface area contributed by atoms with Gasteiger partial charge in [-0.3, -0.25) is 9.52 Å². The summed E-state index contributed by atoms with van der Waals surface area (Å²) < 4.78 is 37.1. The second-order valence-electron chi connectivity index (χ2n) is 6.81. The molecule has 2 saturated heterocycles. The third kappa shape index (κ3) is 5.43. The molecule has 0 bridgehead atoms. The molecular weight excluding hydrogens is 372 g/mol. The minimum absolute atomic E-state index is 0.0158. The molecule has 148 valence electrons. The zero-order valence-corrected chi connectivity index (χ0v) is 15.8. The van der Waals surface area contributed by atoms with Crippen LogP contribution in [0, 0.1) is 0 Å². The Bertz CT molecular complexity index is 755. The Morgan fingerprint density at radius 3 is 2.63 bits per heavy atom. The van der Waals surface area contributed by atoms with Crippen molar-refractivity contribution >= 4 is 22.0 Å². The van der Waals surface area contributed by atoms with Crippen molar-refractivity contribution in [2.45, 2.75) is 43.6 Å². The number of nitrogens with one attached hydrogen (secondary N) is 1. The first-order valence-corrected chi connectivity index (χ1v) is 10.6. The van der Waals surface area contributed by atoms with Gasteiger partial charge in [0.15, 0.2) is 0 Å². The first kappa shape index (κ1) is 19.6. The molecule has 1 N–H and O–H groups in total. The number of carbonyl (C=O) groups excluding carboxylic acids is 2. The normalized spacial score (nSPS) is 20.1. The van der Waals surface area contributed by atoms with Gasteiger partial charge < -0.3 is 14.4 Å².